The third-order valence-corrected chi connectivity index (χ3v) is 6.20. The van der Waals surface area contributed by atoms with Crippen molar-refractivity contribution in [3.8, 4) is 5.69 Å². The van der Waals surface area contributed by atoms with Gasteiger partial charge in [-0.05, 0) is 48.9 Å². The number of para-hydroxylation sites is 2. The lowest BCUT2D eigenvalue weighted by Gasteiger charge is -2.32. The van der Waals surface area contributed by atoms with E-state index in [1.165, 1.54) is 32.1 Å². The number of hydrogen-bond donors (Lipinski definition) is 0. The molecule has 5 rings (SSSR count). The minimum Gasteiger partial charge on any atom is -0.429 e. The molecule has 0 atom stereocenters. The standard InChI is InChI=1S/C24H24N2O2/c27-22-20-16-24(14-8-3-9-15-24)17-21(20)28-23(25-18-10-4-1-5-11-18)26(22)19-12-6-2-7-13-19/h1-2,4-7,10-13H,3,8-9,14-17H2. The Morgan fingerprint density at radius 1 is 0.857 bits per heavy atom. The van der Waals surface area contributed by atoms with Crippen LogP contribution in [0.1, 0.15) is 43.4 Å². The van der Waals surface area contributed by atoms with Gasteiger partial charge in [-0.15, -0.1) is 0 Å². The average molecular weight is 372 g/mol. The van der Waals surface area contributed by atoms with E-state index in [4.69, 9.17) is 4.42 Å². The molecule has 1 spiro atoms. The maximum absolute atomic E-state index is 13.5. The smallest absolute Gasteiger partial charge is 0.309 e. The topological polar surface area (TPSA) is 47.5 Å². The van der Waals surface area contributed by atoms with Gasteiger partial charge in [-0.25, -0.2) is 4.57 Å². The van der Waals surface area contributed by atoms with E-state index >= 15 is 0 Å². The fourth-order valence-corrected chi connectivity index (χ4v) is 4.80. The first-order chi connectivity index (χ1) is 13.7. The van der Waals surface area contributed by atoms with Crippen molar-refractivity contribution in [3.05, 3.63) is 88.0 Å². The molecule has 0 N–H and O–H groups in total. The van der Waals surface area contributed by atoms with Gasteiger partial charge in [-0.2, -0.15) is 4.99 Å². The summed E-state index contributed by atoms with van der Waals surface area (Å²) in [6.07, 6.45) is 7.89. The molecule has 0 unspecified atom stereocenters. The Balaban J connectivity index is 1.72. The van der Waals surface area contributed by atoms with Crippen LogP contribution in [0.4, 0.5) is 5.69 Å². The van der Waals surface area contributed by atoms with E-state index in [1.807, 2.05) is 60.7 Å². The Bertz CT molecular complexity index is 1100. The fourth-order valence-electron chi connectivity index (χ4n) is 4.80. The van der Waals surface area contributed by atoms with Crippen LogP contribution in [0, 0.1) is 5.41 Å². The van der Waals surface area contributed by atoms with Crippen LogP contribution in [0.15, 0.2) is 74.9 Å². The molecule has 1 heterocycles. The van der Waals surface area contributed by atoms with Crippen molar-refractivity contribution in [1.29, 1.82) is 0 Å². The van der Waals surface area contributed by atoms with Crippen molar-refractivity contribution >= 4 is 5.69 Å². The summed E-state index contributed by atoms with van der Waals surface area (Å²) < 4.78 is 7.95. The van der Waals surface area contributed by atoms with Crippen LogP contribution < -0.4 is 11.2 Å². The third-order valence-electron chi connectivity index (χ3n) is 6.20. The lowest BCUT2D eigenvalue weighted by Crippen LogP contribution is -2.34. The van der Waals surface area contributed by atoms with Gasteiger partial charge in [0.1, 0.15) is 5.76 Å². The molecule has 3 aromatic rings. The Morgan fingerprint density at radius 2 is 1.54 bits per heavy atom. The van der Waals surface area contributed by atoms with E-state index in [-0.39, 0.29) is 11.0 Å². The van der Waals surface area contributed by atoms with E-state index in [0.717, 1.165) is 35.5 Å². The van der Waals surface area contributed by atoms with Gasteiger partial charge in [0.15, 0.2) is 0 Å². The van der Waals surface area contributed by atoms with Gasteiger partial charge in [-0.1, -0.05) is 55.7 Å². The first-order valence-electron chi connectivity index (χ1n) is 10.2. The Hall–Kier alpha value is -2.88. The lowest BCUT2D eigenvalue weighted by atomic mass is 9.72. The van der Waals surface area contributed by atoms with Gasteiger partial charge in [-0.3, -0.25) is 4.79 Å². The van der Waals surface area contributed by atoms with Gasteiger partial charge in [0, 0.05) is 6.42 Å². The summed E-state index contributed by atoms with van der Waals surface area (Å²) in [5.74, 6) is 0.841. The van der Waals surface area contributed by atoms with Crippen molar-refractivity contribution in [2.24, 2.45) is 10.4 Å². The highest BCUT2D eigenvalue weighted by Gasteiger charge is 2.41. The normalized spacial score (nSPS) is 18.4. The fraction of sp³-hybridized carbons (Fsp3) is 0.333. The summed E-state index contributed by atoms with van der Waals surface area (Å²) in [7, 11) is 0. The molecule has 0 aliphatic heterocycles. The molecular weight excluding hydrogens is 348 g/mol. The first kappa shape index (κ1) is 17.2. The van der Waals surface area contributed by atoms with Gasteiger partial charge < -0.3 is 4.42 Å². The second-order valence-electron chi connectivity index (χ2n) is 8.12. The maximum Gasteiger partial charge on any atom is 0.309 e. The molecule has 2 aromatic carbocycles. The molecule has 0 amide bonds. The number of nitrogens with zero attached hydrogens (tertiary/aromatic N) is 2. The van der Waals surface area contributed by atoms with Crippen LogP contribution in [0.2, 0.25) is 0 Å². The molecular formula is C24H24N2O2. The molecule has 1 fully saturated rings. The van der Waals surface area contributed by atoms with Crippen LogP contribution in [-0.4, -0.2) is 4.57 Å². The zero-order valence-corrected chi connectivity index (χ0v) is 15.9. The molecule has 0 bridgehead atoms. The number of benzene rings is 2. The molecule has 142 valence electrons. The van der Waals surface area contributed by atoms with Crippen molar-refractivity contribution in [2.45, 2.75) is 44.9 Å². The predicted molar refractivity (Wildman–Crippen MR) is 109 cm³/mol. The second-order valence-corrected chi connectivity index (χ2v) is 8.12. The van der Waals surface area contributed by atoms with Crippen LogP contribution in [0.5, 0.6) is 0 Å². The van der Waals surface area contributed by atoms with Crippen LogP contribution >= 0.6 is 0 Å². The molecule has 1 saturated carbocycles. The van der Waals surface area contributed by atoms with E-state index in [9.17, 15) is 4.79 Å². The minimum absolute atomic E-state index is 0.0181. The highest BCUT2D eigenvalue weighted by atomic mass is 16.4. The summed E-state index contributed by atoms with van der Waals surface area (Å²) in [6, 6.07) is 19.4. The molecule has 28 heavy (non-hydrogen) atoms. The number of hydrogen-bond acceptors (Lipinski definition) is 3. The van der Waals surface area contributed by atoms with Crippen LogP contribution in [-0.2, 0) is 12.8 Å². The first-order valence-corrected chi connectivity index (χ1v) is 10.2. The van der Waals surface area contributed by atoms with Crippen LogP contribution in [0.3, 0.4) is 0 Å². The van der Waals surface area contributed by atoms with E-state index < -0.39 is 0 Å². The summed E-state index contributed by atoms with van der Waals surface area (Å²) in [4.78, 5) is 18.2. The monoisotopic (exact) mass is 372 g/mol. The van der Waals surface area contributed by atoms with Gasteiger partial charge >= 0.3 is 5.68 Å². The summed E-state index contributed by atoms with van der Waals surface area (Å²) in [5.41, 5.74) is 3.00. The van der Waals surface area contributed by atoms with E-state index in [2.05, 4.69) is 4.99 Å². The number of aromatic nitrogens is 1. The Morgan fingerprint density at radius 3 is 2.25 bits per heavy atom. The molecule has 4 heteroatoms. The maximum atomic E-state index is 13.5. The molecule has 0 radical (unpaired) electrons. The van der Waals surface area contributed by atoms with Crippen LogP contribution in [0.25, 0.3) is 5.69 Å². The minimum atomic E-state index is 0.0181. The summed E-state index contributed by atoms with van der Waals surface area (Å²) in [6.45, 7) is 0. The van der Waals surface area contributed by atoms with Gasteiger partial charge in [0.25, 0.3) is 5.56 Å². The highest BCUT2D eigenvalue weighted by molar-refractivity contribution is 5.37. The average Bonchev–Trinajstić information content (AvgIpc) is 3.08. The molecule has 2 aliphatic rings. The molecule has 4 nitrogen and oxygen atoms in total. The van der Waals surface area contributed by atoms with Gasteiger partial charge in [0.2, 0.25) is 0 Å². The zero-order chi connectivity index (χ0) is 19.0. The van der Waals surface area contributed by atoms with E-state index in [0.29, 0.717) is 5.68 Å². The third kappa shape index (κ3) is 3.03. The highest BCUT2D eigenvalue weighted by Crippen LogP contribution is 2.46. The van der Waals surface area contributed by atoms with E-state index in [1.54, 1.807) is 4.57 Å². The molecule has 2 aliphatic carbocycles. The van der Waals surface area contributed by atoms with Gasteiger partial charge in [0.05, 0.1) is 16.9 Å². The SMILES string of the molecule is O=c1c2c(oc(=Nc3ccccc3)n1-c1ccccc1)CC1(CCCCC1)C2. The van der Waals surface area contributed by atoms with Crippen molar-refractivity contribution in [2.75, 3.05) is 0 Å². The zero-order valence-electron chi connectivity index (χ0n) is 15.9. The summed E-state index contributed by atoms with van der Waals surface area (Å²) in [5, 5.41) is 0. The quantitative estimate of drug-likeness (QED) is 0.654. The lowest BCUT2D eigenvalue weighted by molar-refractivity contribution is 0.195. The predicted octanol–water partition coefficient (Wildman–Crippen LogP) is 4.71. The van der Waals surface area contributed by atoms with Crippen molar-refractivity contribution in [3.63, 3.8) is 0 Å². The van der Waals surface area contributed by atoms with Crippen molar-refractivity contribution < 1.29 is 4.42 Å². The number of fused-ring (bicyclic) bond motifs is 1. The summed E-state index contributed by atoms with van der Waals surface area (Å²) >= 11 is 0. The Labute approximate surface area is 164 Å². The second kappa shape index (κ2) is 6.93. The Kier molecular flexibility index (Phi) is 4.27. The van der Waals surface area contributed by atoms with Crippen molar-refractivity contribution in [1.82, 2.24) is 4.57 Å². The largest absolute Gasteiger partial charge is 0.429 e. The number of rotatable bonds is 2. The molecule has 0 saturated heterocycles. The molecule has 1 aromatic heterocycles.